The number of rotatable bonds is 7. The maximum Gasteiger partial charge on any atom is 0.264 e. The zero-order chi connectivity index (χ0) is 21.7. The van der Waals surface area contributed by atoms with Gasteiger partial charge in [-0.2, -0.15) is 0 Å². The van der Waals surface area contributed by atoms with Gasteiger partial charge in [0.1, 0.15) is 4.90 Å². The van der Waals surface area contributed by atoms with Crippen molar-refractivity contribution in [3.63, 3.8) is 0 Å². The van der Waals surface area contributed by atoms with Gasteiger partial charge in [0.05, 0.1) is 29.6 Å². The molecule has 1 heterocycles. The molecule has 0 unspecified atom stereocenters. The topological polar surface area (TPSA) is 87.7 Å². The van der Waals surface area contributed by atoms with Gasteiger partial charge in [-0.3, -0.25) is 9.52 Å². The summed E-state index contributed by atoms with van der Waals surface area (Å²) in [4.78, 5) is 14.2. The smallest absolute Gasteiger partial charge is 0.264 e. The molecule has 0 aromatic heterocycles. The largest absolute Gasteiger partial charge is 0.378 e. The molecule has 0 atom stereocenters. The fourth-order valence-corrected chi connectivity index (χ4v) is 4.77. The second-order valence-corrected chi connectivity index (χ2v) is 9.57. The first-order chi connectivity index (χ1) is 14.3. The molecular weight excluding hydrogens is 426 g/mol. The summed E-state index contributed by atoms with van der Waals surface area (Å²) in [6, 6.07) is 11.6. The highest BCUT2D eigenvalue weighted by Crippen LogP contribution is 2.32. The zero-order valence-corrected chi connectivity index (χ0v) is 18.6. The van der Waals surface area contributed by atoms with Gasteiger partial charge in [0.25, 0.3) is 10.0 Å². The minimum atomic E-state index is -3.97. The number of anilines is 3. The highest BCUT2D eigenvalue weighted by Gasteiger charge is 2.25. The van der Waals surface area contributed by atoms with Gasteiger partial charge in [0.15, 0.2) is 0 Å². The molecule has 1 fully saturated rings. The summed E-state index contributed by atoms with van der Waals surface area (Å²) in [5, 5.41) is 3.09. The number of para-hydroxylation sites is 1. The average Bonchev–Trinajstić information content (AvgIpc) is 2.69. The Morgan fingerprint density at radius 2 is 1.87 bits per heavy atom. The highest BCUT2D eigenvalue weighted by atomic mass is 35.5. The van der Waals surface area contributed by atoms with Crippen molar-refractivity contribution in [2.45, 2.75) is 25.2 Å². The molecule has 1 saturated heterocycles. The summed E-state index contributed by atoms with van der Waals surface area (Å²) in [6.07, 6.45) is 0.352. The first kappa shape index (κ1) is 22.4. The summed E-state index contributed by atoms with van der Waals surface area (Å²) < 4.78 is 34.5. The van der Waals surface area contributed by atoms with E-state index in [1.54, 1.807) is 36.4 Å². The molecule has 9 heteroatoms. The number of ether oxygens (including phenoxy) is 1. The maximum atomic E-state index is 13.3. The molecule has 7 nitrogen and oxygen atoms in total. The van der Waals surface area contributed by atoms with E-state index in [9.17, 15) is 13.2 Å². The number of carbonyl (C=O) groups is 1. The van der Waals surface area contributed by atoms with Crippen LogP contribution < -0.4 is 14.9 Å². The molecule has 2 aromatic rings. The van der Waals surface area contributed by atoms with E-state index in [1.807, 2.05) is 18.7 Å². The Labute approximate surface area is 182 Å². The lowest BCUT2D eigenvalue weighted by molar-refractivity contribution is -0.116. The van der Waals surface area contributed by atoms with Crippen LogP contribution in [0.3, 0.4) is 0 Å². The van der Waals surface area contributed by atoms with Crippen LogP contribution in [0.5, 0.6) is 0 Å². The van der Waals surface area contributed by atoms with Gasteiger partial charge in [-0.1, -0.05) is 37.6 Å². The van der Waals surface area contributed by atoms with Crippen molar-refractivity contribution in [2.24, 2.45) is 5.92 Å². The first-order valence-electron chi connectivity index (χ1n) is 9.80. The minimum absolute atomic E-state index is 0.0756. The van der Waals surface area contributed by atoms with Crippen molar-refractivity contribution in [3.8, 4) is 0 Å². The van der Waals surface area contributed by atoms with E-state index in [2.05, 4.69) is 10.0 Å². The van der Waals surface area contributed by atoms with E-state index in [1.165, 1.54) is 6.07 Å². The van der Waals surface area contributed by atoms with Crippen molar-refractivity contribution in [3.05, 3.63) is 47.5 Å². The number of carbonyl (C=O) groups excluding carboxylic acids is 1. The van der Waals surface area contributed by atoms with Crippen LogP contribution >= 0.6 is 11.6 Å². The molecule has 0 radical (unpaired) electrons. The molecule has 1 amide bonds. The molecule has 0 saturated carbocycles. The van der Waals surface area contributed by atoms with Crippen molar-refractivity contribution in [1.29, 1.82) is 0 Å². The predicted molar refractivity (Wildman–Crippen MR) is 120 cm³/mol. The number of morpholine rings is 1. The third-order valence-electron chi connectivity index (χ3n) is 4.60. The molecule has 0 bridgehead atoms. The maximum absolute atomic E-state index is 13.3. The number of amides is 1. The van der Waals surface area contributed by atoms with Gasteiger partial charge >= 0.3 is 0 Å². The second-order valence-electron chi connectivity index (χ2n) is 7.51. The van der Waals surface area contributed by atoms with E-state index < -0.39 is 10.0 Å². The Morgan fingerprint density at radius 1 is 1.17 bits per heavy atom. The molecule has 162 valence electrons. The third-order valence-corrected chi connectivity index (χ3v) is 6.32. The zero-order valence-electron chi connectivity index (χ0n) is 17.0. The number of hydrogen-bond donors (Lipinski definition) is 2. The Hall–Kier alpha value is -2.29. The molecule has 1 aliphatic rings. The van der Waals surface area contributed by atoms with Gasteiger partial charge in [0.2, 0.25) is 5.91 Å². The quantitative estimate of drug-likeness (QED) is 0.665. The molecule has 30 heavy (non-hydrogen) atoms. The first-order valence-corrected chi connectivity index (χ1v) is 11.7. The van der Waals surface area contributed by atoms with Crippen LogP contribution in [0.4, 0.5) is 17.1 Å². The van der Waals surface area contributed by atoms with E-state index in [-0.39, 0.29) is 16.7 Å². The number of nitrogens with one attached hydrogen (secondary N) is 2. The van der Waals surface area contributed by atoms with Gasteiger partial charge in [-0.15, -0.1) is 0 Å². The van der Waals surface area contributed by atoms with E-state index in [4.69, 9.17) is 16.3 Å². The van der Waals surface area contributed by atoms with Crippen molar-refractivity contribution >= 4 is 44.6 Å². The minimum Gasteiger partial charge on any atom is -0.378 e. The van der Waals surface area contributed by atoms with Crippen molar-refractivity contribution < 1.29 is 17.9 Å². The number of sulfonamides is 1. The third kappa shape index (κ3) is 5.65. The lowest BCUT2D eigenvalue weighted by Gasteiger charge is -2.30. The number of nitrogens with zero attached hydrogens (tertiary/aromatic N) is 1. The molecule has 0 spiro atoms. The highest BCUT2D eigenvalue weighted by molar-refractivity contribution is 7.93. The molecular formula is C21H26ClN3O4S. The molecule has 1 aliphatic heterocycles. The van der Waals surface area contributed by atoms with Crippen molar-refractivity contribution in [1.82, 2.24) is 0 Å². The van der Waals surface area contributed by atoms with Crippen LogP contribution in [-0.4, -0.2) is 40.6 Å². The van der Waals surface area contributed by atoms with Crippen LogP contribution in [-0.2, 0) is 19.6 Å². The van der Waals surface area contributed by atoms with E-state index >= 15 is 0 Å². The lowest BCUT2D eigenvalue weighted by Crippen LogP contribution is -2.37. The second kappa shape index (κ2) is 9.68. The Bertz CT molecular complexity index is 1010. The van der Waals surface area contributed by atoms with Crippen LogP contribution in [0.2, 0.25) is 5.02 Å². The van der Waals surface area contributed by atoms with Crippen molar-refractivity contribution in [2.75, 3.05) is 41.2 Å². The molecule has 2 aromatic carbocycles. The number of benzene rings is 2. The summed E-state index contributed by atoms with van der Waals surface area (Å²) in [6.45, 7) is 6.09. The van der Waals surface area contributed by atoms with E-state index in [0.717, 1.165) is 0 Å². The lowest BCUT2D eigenvalue weighted by atomic mass is 10.1. The van der Waals surface area contributed by atoms with E-state index in [0.29, 0.717) is 54.8 Å². The Balaban J connectivity index is 1.98. The van der Waals surface area contributed by atoms with Crippen LogP contribution in [0, 0.1) is 5.92 Å². The number of hydrogen-bond acceptors (Lipinski definition) is 5. The fraction of sp³-hybridized carbons (Fsp3) is 0.381. The summed E-state index contributed by atoms with van der Waals surface area (Å²) >= 11 is 6.14. The van der Waals surface area contributed by atoms with Gasteiger partial charge in [-0.25, -0.2) is 8.42 Å². The summed E-state index contributed by atoms with van der Waals surface area (Å²) in [5.74, 6) is 0.0363. The SMILES string of the molecule is CC(C)CC(=O)Nc1ccc(N2CCOCC2)c(S(=O)(=O)Nc2ccccc2Cl)c1. The van der Waals surface area contributed by atoms with Gasteiger partial charge in [0, 0.05) is 25.2 Å². The average molecular weight is 452 g/mol. The Morgan fingerprint density at radius 3 is 2.53 bits per heavy atom. The number of halogens is 1. The van der Waals surface area contributed by atoms with Gasteiger partial charge < -0.3 is 15.0 Å². The molecule has 3 rings (SSSR count). The van der Waals surface area contributed by atoms with Crippen LogP contribution in [0.1, 0.15) is 20.3 Å². The predicted octanol–water partition coefficient (Wildman–Crippen LogP) is 3.96. The Kier molecular flexibility index (Phi) is 7.23. The summed E-state index contributed by atoms with van der Waals surface area (Å²) in [5.41, 5.74) is 1.28. The van der Waals surface area contributed by atoms with Crippen LogP contribution in [0.25, 0.3) is 0 Å². The normalized spacial score (nSPS) is 14.6. The summed E-state index contributed by atoms with van der Waals surface area (Å²) in [7, 11) is -3.97. The standard InChI is InChI=1S/C21H26ClN3O4S/c1-15(2)13-21(26)23-16-7-8-19(25-9-11-29-12-10-25)20(14-16)30(27,28)24-18-6-4-3-5-17(18)22/h3-8,14-15,24H,9-13H2,1-2H3,(H,23,26). The fourth-order valence-electron chi connectivity index (χ4n) is 3.20. The van der Waals surface area contributed by atoms with Gasteiger partial charge in [-0.05, 0) is 36.2 Å². The molecule has 0 aliphatic carbocycles. The van der Waals surface area contributed by atoms with Crippen LogP contribution in [0.15, 0.2) is 47.4 Å². The molecule has 2 N–H and O–H groups in total. The monoisotopic (exact) mass is 451 g/mol.